The van der Waals surface area contributed by atoms with Crippen molar-refractivity contribution in [3.05, 3.63) is 18.2 Å². The quantitative estimate of drug-likeness (QED) is 0.745. The molecule has 0 fully saturated rings. The van der Waals surface area contributed by atoms with Crippen molar-refractivity contribution in [1.82, 2.24) is 0 Å². The Balaban J connectivity index is 2.87. The number of anilines is 1. The van der Waals surface area contributed by atoms with E-state index in [4.69, 9.17) is 10.5 Å². The third-order valence-electron chi connectivity index (χ3n) is 2.75. The van der Waals surface area contributed by atoms with Crippen LogP contribution in [0.1, 0.15) is 27.2 Å². The van der Waals surface area contributed by atoms with Gasteiger partial charge in [-0.2, -0.15) is 0 Å². The number of carbonyl (C=O) groups excluding carboxylic acids is 1. The van der Waals surface area contributed by atoms with Crippen LogP contribution in [-0.4, -0.2) is 27.3 Å². The number of hydrogen-bond donors (Lipinski definition) is 2. The lowest BCUT2D eigenvalue weighted by Crippen LogP contribution is -2.36. The third-order valence-corrected chi connectivity index (χ3v) is 3.45. The summed E-state index contributed by atoms with van der Waals surface area (Å²) >= 11 is -2.39. The minimum atomic E-state index is -2.39. The zero-order chi connectivity index (χ0) is 16.0. The Morgan fingerprint density at radius 2 is 2.14 bits per heavy atom. The van der Waals surface area contributed by atoms with Gasteiger partial charge in [-0.25, -0.2) is 0 Å². The monoisotopic (exact) mass is 313 g/mol. The summed E-state index contributed by atoms with van der Waals surface area (Å²) in [5.74, 6) is 0.221. The van der Waals surface area contributed by atoms with Crippen LogP contribution in [0.25, 0.3) is 0 Å². The van der Waals surface area contributed by atoms with Crippen LogP contribution in [0.4, 0.5) is 5.69 Å². The topological polar surface area (TPSA) is 104 Å². The number of ether oxygens (including phenoxy) is 1. The molecule has 1 amide bonds. The lowest BCUT2D eigenvalue weighted by Gasteiger charge is -2.16. The highest BCUT2D eigenvalue weighted by Crippen LogP contribution is 2.26. The van der Waals surface area contributed by atoms with Gasteiger partial charge in [-0.1, -0.05) is 13.8 Å². The van der Waals surface area contributed by atoms with Crippen molar-refractivity contribution in [3.8, 4) is 5.75 Å². The average molecular weight is 313 g/mol. The average Bonchev–Trinajstić information content (AvgIpc) is 2.38. The molecule has 0 bridgehead atoms. The maximum atomic E-state index is 11.9. The maximum Gasteiger partial charge on any atom is 0.241 e. The summed E-state index contributed by atoms with van der Waals surface area (Å²) < 4.78 is 27.4. The highest BCUT2D eigenvalue weighted by molar-refractivity contribution is 7.79. The first-order valence-corrected chi connectivity index (χ1v) is 7.85. The number of rotatable bonds is 7. The van der Waals surface area contributed by atoms with Crippen molar-refractivity contribution >= 4 is 22.7 Å². The molecule has 2 atom stereocenters. The molecule has 1 aromatic rings. The van der Waals surface area contributed by atoms with E-state index in [1.807, 2.05) is 13.8 Å². The molecule has 0 heterocycles. The molecule has 0 aliphatic heterocycles. The molecule has 118 valence electrons. The van der Waals surface area contributed by atoms with E-state index in [0.29, 0.717) is 24.6 Å². The number of nitrogens with two attached hydrogens (primary N) is 1. The van der Waals surface area contributed by atoms with E-state index >= 15 is 0 Å². The fraction of sp³-hybridized carbons (Fsp3) is 0.500. The van der Waals surface area contributed by atoms with Crippen molar-refractivity contribution in [2.24, 2.45) is 11.7 Å². The molecule has 0 aromatic heterocycles. The van der Waals surface area contributed by atoms with E-state index in [-0.39, 0.29) is 16.6 Å². The van der Waals surface area contributed by atoms with Gasteiger partial charge in [0.05, 0.1) is 17.5 Å². The molecule has 0 spiro atoms. The second-order valence-corrected chi connectivity index (χ2v) is 5.96. The van der Waals surface area contributed by atoms with Crippen LogP contribution in [0.3, 0.4) is 0 Å². The molecule has 0 aliphatic rings. The van der Waals surface area contributed by atoms with Gasteiger partial charge in [-0.3, -0.25) is 9.00 Å². The van der Waals surface area contributed by atoms with Crippen molar-refractivity contribution in [2.75, 3.05) is 11.9 Å². The summed E-state index contributed by atoms with van der Waals surface area (Å²) in [6.45, 7) is 6.05. The first-order valence-electron chi connectivity index (χ1n) is 6.77. The molecule has 0 radical (unpaired) electrons. The van der Waals surface area contributed by atoms with E-state index in [1.165, 1.54) is 18.2 Å². The van der Waals surface area contributed by atoms with Gasteiger partial charge >= 0.3 is 0 Å². The molecule has 0 saturated carbocycles. The Labute approximate surface area is 127 Å². The number of hydrogen-bond acceptors (Lipinski definition) is 5. The predicted octanol–water partition coefficient (Wildman–Crippen LogP) is 1.64. The standard InChI is InChI=1S/C14H22N2O4S/c1-4-20-12-8-10(5-6-13(12)21(18)19)16-14(17)11(15)7-9(2)3/h5-6,8-9,11H,4,7,15H2,1-3H3,(H,16,17)(H,18,19)/p-1. The summed E-state index contributed by atoms with van der Waals surface area (Å²) in [5.41, 5.74) is 6.25. The van der Waals surface area contributed by atoms with E-state index in [0.717, 1.165) is 0 Å². The molecule has 1 aromatic carbocycles. The van der Waals surface area contributed by atoms with Crippen molar-refractivity contribution < 1.29 is 18.3 Å². The van der Waals surface area contributed by atoms with Crippen molar-refractivity contribution in [2.45, 2.75) is 38.1 Å². The first kappa shape index (κ1) is 17.6. The number of amides is 1. The lowest BCUT2D eigenvalue weighted by atomic mass is 10.0. The number of nitrogens with one attached hydrogen (secondary N) is 1. The maximum absolute atomic E-state index is 11.9. The molecule has 21 heavy (non-hydrogen) atoms. The van der Waals surface area contributed by atoms with Gasteiger partial charge in [-0.05, 0) is 42.5 Å². The SMILES string of the molecule is CCOc1cc(NC(=O)C(N)CC(C)C)ccc1S(=O)[O-]. The van der Waals surface area contributed by atoms with E-state index in [1.54, 1.807) is 6.92 Å². The summed E-state index contributed by atoms with van der Waals surface area (Å²) in [4.78, 5) is 12.0. The molecule has 1 rings (SSSR count). The number of benzene rings is 1. The number of carbonyl (C=O) groups is 1. The largest absolute Gasteiger partial charge is 0.768 e. The van der Waals surface area contributed by atoms with Gasteiger partial charge in [0.1, 0.15) is 5.75 Å². The van der Waals surface area contributed by atoms with Crippen LogP contribution in [0.2, 0.25) is 0 Å². The lowest BCUT2D eigenvalue weighted by molar-refractivity contribution is -0.117. The Morgan fingerprint density at radius 3 is 2.67 bits per heavy atom. The molecule has 0 saturated heterocycles. The van der Waals surface area contributed by atoms with Gasteiger partial charge in [0.2, 0.25) is 5.91 Å². The van der Waals surface area contributed by atoms with Crippen LogP contribution in [0.15, 0.2) is 23.1 Å². The Morgan fingerprint density at radius 1 is 1.48 bits per heavy atom. The van der Waals surface area contributed by atoms with Crippen LogP contribution in [-0.2, 0) is 15.9 Å². The molecule has 7 heteroatoms. The van der Waals surface area contributed by atoms with Crippen LogP contribution in [0, 0.1) is 5.92 Å². The summed E-state index contributed by atoms with van der Waals surface area (Å²) in [7, 11) is 0. The minimum Gasteiger partial charge on any atom is -0.768 e. The smallest absolute Gasteiger partial charge is 0.241 e. The fourth-order valence-electron chi connectivity index (χ4n) is 1.84. The minimum absolute atomic E-state index is 0.0568. The van der Waals surface area contributed by atoms with Crippen molar-refractivity contribution in [1.29, 1.82) is 0 Å². The van der Waals surface area contributed by atoms with Gasteiger partial charge < -0.3 is 20.3 Å². The molecule has 0 aliphatic carbocycles. The molecule has 6 nitrogen and oxygen atoms in total. The second kappa shape index (κ2) is 8.11. The zero-order valence-corrected chi connectivity index (χ0v) is 13.2. The molecule has 3 N–H and O–H groups in total. The van der Waals surface area contributed by atoms with Gasteiger partial charge in [0.25, 0.3) is 0 Å². The highest BCUT2D eigenvalue weighted by atomic mass is 32.2. The van der Waals surface area contributed by atoms with Gasteiger partial charge in [0.15, 0.2) is 0 Å². The van der Waals surface area contributed by atoms with Gasteiger partial charge in [0, 0.05) is 11.8 Å². The highest BCUT2D eigenvalue weighted by Gasteiger charge is 2.16. The fourth-order valence-corrected chi connectivity index (χ4v) is 2.30. The molecular weight excluding hydrogens is 292 g/mol. The Hall–Kier alpha value is -1.44. The normalized spacial score (nSPS) is 13.8. The second-order valence-electron chi connectivity index (χ2n) is 5.05. The third kappa shape index (κ3) is 5.45. The van der Waals surface area contributed by atoms with E-state index in [2.05, 4.69) is 5.32 Å². The zero-order valence-electron chi connectivity index (χ0n) is 12.4. The summed E-state index contributed by atoms with van der Waals surface area (Å²) in [5, 5.41) is 2.67. The summed E-state index contributed by atoms with van der Waals surface area (Å²) in [6, 6.07) is 3.77. The predicted molar refractivity (Wildman–Crippen MR) is 80.9 cm³/mol. The van der Waals surface area contributed by atoms with E-state index in [9.17, 15) is 13.6 Å². The van der Waals surface area contributed by atoms with Crippen LogP contribution in [0.5, 0.6) is 5.75 Å². The summed E-state index contributed by atoms with van der Waals surface area (Å²) in [6.07, 6.45) is 0.576. The van der Waals surface area contributed by atoms with Crippen LogP contribution < -0.4 is 15.8 Å². The Kier molecular flexibility index (Phi) is 6.80. The molecule has 2 unspecified atom stereocenters. The van der Waals surface area contributed by atoms with Gasteiger partial charge in [-0.15, -0.1) is 0 Å². The van der Waals surface area contributed by atoms with E-state index < -0.39 is 17.1 Å². The molecular formula is C14H21N2O4S-. The van der Waals surface area contributed by atoms with Crippen molar-refractivity contribution in [3.63, 3.8) is 0 Å². The van der Waals surface area contributed by atoms with Crippen LogP contribution >= 0.6 is 0 Å². The first-order chi connectivity index (χ1) is 9.85. The Bertz CT molecular complexity index is 520.